The fraction of sp³-hybridized carbons (Fsp3) is 0.250. The fourth-order valence-electron chi connectivity index (χ4n) is 1.90. The molecule has 0 saturated heterocycles. The Bertz CT molecular complexity index is 592. The van der Waals surface area contributed by atoms with E-state index in [0.717, 1.165) is 26.2 Å². The Morgan fingerprint density at radius 3 is 2.94 bits per heavy atom. The summed E-state index contributed by atoms with van der Waals surface area (Å²) in [6.45, 7) is 1.94. The van der Waals surface area contributed by atoms with Crippen molar-refractivity contribution in [1.29, 1.82) is 0 Å². The molecule has 2 aromatic rings. The summed E-state index contributed by atoms with van der Waals surface area (Å²) in [6.07, 6.45) is 1.54. The number of hydrogen-bond donors (Lipinski definition) is 0. The molecule has 1 aliphatic carbocycles. The monoisotopic (exact) mass is 262 g/mol. The zero-order chi connectivity index (χ0) is 11.8. The topological polar surface area (TPSA) is 42.9 Å². The molecule has 1 heterocycles. The van der Waals surface area contributed by atoms with Gasteiger partial charge in [-0.1, -0.05) is 29.2 Å². The molecule has 5 heteroatoms. The van der Waals surface area contributed by atoms with Crippen molar-refractivity contribution in [1.82, 2.24) is 10.2 Å². The van der Waals surface area contributed by atoms with E-state index in [1.807, 2.05) is 13.0 Å². The van der Waals surface area contributed by atoms with Gasteiger partial charge in [-0.2, -0.15) is 0 Å². The SMILES string of the molecule is Cc1nnc(Sc2ccc3c(c2)C(=O)CC3)s1. The van der Waals surface area contributed by atoms with Crippen molar-refractivity contribution in [2.75, 3.05) is 0 Å². The Balaban J connectivity index is 1.90. The summed E-state index contributed by atoms with van der Waals surface area (Å²) in [7, 11) is 0. The van der Waals surface area contributed by atoms with Gasteiger partial charge in [0.25, 0.3) is 0 Å². The largest absolute Gasteiger partial charge is 0.294 e. The number of nitrogens with zero attached hydrogens (tertiary/aromatic N) is 2. The number of carbonyl (C=O) groups is 1. The molecular formula is C12H10N2OS2. The molecule has 0 saturated carbocycles. The average molecular weight is 262 g/mol. The number of carbonyl (C=O) groups excluding carboxylic acids is 1. The number of Topliss-reactive ketones (excluding diaryl/α,β-unsaturated/α-hetero) is 1. The standard InChI is InChI=1S/C12H10N2OS2/c1-7-13-14-12(16-7)17-9-4-2-8-3-5-11(15)10(8)6-9/h2,4,6H,3,5H2,1H3. The molecule has 3 nitrogen and oxygen atoms in total. The maximum Gasteiger partial charge on any atom is 0.179 e. The molecule has 1 aromatic carbocycles. The number of ketones is 1. The van der Waals surface area contributed by atoms with Gasteiger partial charge in [0.2, 0.25) is 0 Å². The van der Waals surface area contributed by atoms with Crippen LogP contribution in [0.1, 0.15) is 27.3 Å². The Morgan fingerprint density at radius 2 is 2.18 bits per heavy atom. The summed E-state index contributed by atoms with van der Waals surface area (Å²) in [5.41, 5.74) is 2.06. The lowest BCUT2D eigenvalue weighted by molar-refractivity contribution is 0.0994. The molecule has 0 fully saturated rings. The first kappa shape index (κ1) is 10.9. The lowest BCUT2D eigenvalue weighted by Gasteiger charge is -2.01. The number of aryl methyl sites for hydroxylation is 2. The van der Waals surface area contributed by atoms with Crippen molar-refractivity contribution in [2.24, 2.45) is 0 Å². The van der Waals surface area contributed by atoms with E-state index in [1.165, 1.54) is 5.56 Å². The van der Waals surface area contributed by atoms with Gasteiger partial charge in [0, 0.05) is 16.9 Å². The van der Waals surface area contributed by atoms with Gasteiger partial charge >= 0.3 is 0 Å². The fourth-order valence-corrected chi connectivity index (χ4v) is 3.73. The van der Waals surface area contributed by atoms with Crippen LogP contribution < -0.4 is 0 Å². The Morgan fingerprint density at radius 1 is 1.29 bits per heavy atom. The van der Waals surface area contributed by atoms with E-state index in [4.69, 9.17) is 0 Å². The highest BCUT2D eigenvalue weighted by Gasteiger charge is 2.19. The van der Waals surface area contributed by atoms with Gasteiger partial charge in [0.15, 0.2) is 10.1 Å². The Hall–Kier alpha value is -1.20. The molecule has 1 aliphatic rings. The third-order valence-electron chi connectivity index (χ3n) is 2.72. The highest BCUT2D eigenvalue weighted by Crippen LogP contribution is 2.33. The third-order valence-corrected chi connectivity index (χ3v) is 4.60. The Kier molecular flexibility index (Phi) is 2.72. The predicted octanol–water partition coefficient (Wildman–Crippen LogP) is 3.13. The van der Waals surface area contributed by atoms with Crippen LogP contribution in [0.2, 0.25) is 0 Å². The first-order valence-corrected chi connectivity index (χ1v) is 7.00. The van der Waals surface area contributed by atoms with Crippen molar-refractivity contribution < 1.29 is 4.79 Å². The number of benzene rings is 1. The van der Waals surface area contributed by atoms with Crippen molar-refractivity contribution in [2.45, 2.75) is 29.0 Å². The normalized spacial score (nSPS) is 14.1. The highest BCUT2D eigenvalue weighted by atomic mass is 32.2. The van der Waals surface area contributed by atoms with Crippen LogP contribution in [0, 0.1) is 6.92 Å². The van der Waals surface area contributed by atoms with E-state index in [9.17, 15) is 4.79 Å². The summed E-state index contributed by atoms with van der Waals surface area (Å²) in [5.74, 6) is 0.260. The number of aromatic nitrogens is 2. The van der Waals surface area contributed by atoms with Gasteiger partial charge in [-0.3, -0.25) is 4.79 Å². The van der Waals surface area contributed by atoms with Gasteiger partial charge < -0.3 is 0 Å². The van der Waals surface area contributed by atoms with E-state index in [1.54, 1.807) is 23.1 Å². The number of rotatable bonds is 2. The van der Waals surface area contributed by atoms with E-state index in [0.29, 0.717) is 6.42 Å². The van der Waals surface area contributed by atoms with E-state index in [2.05, 4.69) is 22.3 Å². The third kappa shape index (κ3) is 2.12. The van der Waals surface area contributed by atoms with Crippen LogP contribution in [0.25, 0.3) is 0 Å². The summed E-state index contributed by atoms with van der Waals surface area (Å²) >= 11 is 3.14. The molecule has 0 spiro atoms. The van der Waals surface area contributed by atoms with Crippen LogP contribution in [0.4, 0.5) is 0 Å². The van der Waals surface area contributed by atoms with Crippen LogP contribution in [-0.2, 0) is 6.42 Å². The molecule has 0 amide bonds. The molecule has 0 aliphatic heterocycles. The first-order valence-electron chi connectivity index (χ1n) is 5.36. The van der Waals surface area contributed by atoms with E-state index in [-0.39, 0.29) is 5.78 Å². The first-order chi connectivity index (χ1) is 8.22. The maximum atomic E-state index is 11.6. The molecule has 0 N–H and O–H groups in total. The average Bonchev–Trinajstić information content (AvgIpc) is 2.87. The molecule has 17 heavy (non-hydrogen) atoms. The second-order valence-electron chi connectivity index (χ2n) is 3.93. The van der Waals surface area contributed by atoms with Crippen molar-refractivity contribution >= 4 is 28.9 Å². The summed E-state index contributed by atoms with van der Waals surface area (Å²) in [6, 6.07) is 6.08. The quantitative estimate of drug-likeness (QED) is 0.834. The molecule has 1 aromatic heterocycles. The summed E-state index contributed by atoms with van der Waals surface area (Å²) < 4.78 is 0.924. The van der Waals surface area contributed by atoms with Crippen molar-refractivity contribution in [3.05, 3.63) is 34.3 Å². The van der Waals surface area contributed by atoms with Gasteiger partial charge in [0.05, 0.1) is 0 Å². The molecular weight excluding hydrogens is 252 g/mol. The summed E-state index contributed by atoms with van der Waals surface area (Å²) in [5, 5.41) is 9.01. The molecule has 0 atom stereocenters. The van der Waals surface area contributed by atoms with E-state index < -0.39 is 0 Å². The van der Waals surface area contributed by atoms with Crippen molar-refractivity contribution in [3.63, 3.8) is 0 Å². The van der Waals surface area contributed by atoms with Gasteiger partial charge in [-0.15, -0.1) is 10.2 Å². The van der Waals surface area contributed by atoms with Crippen LogP contribution in [0.3, 0.4) is 0 Å². The van der Waals surface area contributed by atoms with Gasteiger partial charge in [-0.25, -0.2) is 0 Å². The molecule has 3 rings (SSSR count). The van der Waals surface area contributed by atoms with Crippen LogP contribution >= 0.6 is 23.1 Å². The van der Waals surface area contributed by atoms with Gasteiger partial charge in [-0.05, 0) is 31.0 Å². The molecule has 0 unspecified atom stereocenters. The smallest absolute Gasteiger partial charge is 0.179 e. The lowest BCUT2D eigenvalue weighted by Crippen LogP contribution is -1.90. The lowest BCUT2D eigenvalue weighted by atomic mass is 10.1. The second-order valence-corrected chi connectivity index (χ2v) is 6.43. The minimum absolute atomic E-state index is 0.260. The van der Waals surface area contributed by atoms with Crippen LogP contribution in [0.15, 0.2) is 27.4 Å². The van der Waals surface area contributed by atoms with Crippen molar-refractivity contribution in [3.8, 4) is 0 Å². The highest BCUT2D eigenvalue weighted by molar-refractivity contribution is 8.01. The molecule has 0 bridgehead atoms. The zero-order valence-electron chi connectivity index (χ0n) is 9.27. The number of hydrogen-bond acceptors (Lipinski definition) is 5. The maximum absolute atomic E-state index is 11.6. The Labute approximate surface area is 107 Å². The summed E-state index contributed by atoms with van der Waals surface area (Å²) in [4.78, 5) is 12.7. The van der Waals surface area contributed by atoms with Crippen LogP contribution in [-0.4, -0.2) is 16.0 Å². The van der Waals surface area contributed by atoms with Gasteiger partial charge in [0.1, 0.15) is 5.01 Å². The second kappa shape index (κ2) is 4.23. The predicted molar refractivity (Wildman–Crippen MR) is 67.9 cm³/mol. The number of fused-ring (bicyclic) bond motifs is 1. The van der Waals surface area contributed by atoms with E-state index >= 15 is 0 Å². The zero-order valence-corrected chi connectivity index (χ0v) is 10.9. The molecule has 86 valence electrons. The molecule has 0 radical (unpaired) electrons. The van der Waals surface area contributed by atoms with Crippen LogP contribution in [0.5, 0.6) is 0 Å². The minimum Gasteiger partial charge on any atom is -0.294 e. The minimum atomic E-state index is 0.260.